The standard InChI is InChI=1S/C16H19BrClN3/c1-9(2)8-21-15(19)14(20-16(21)10-3-4-10)12-6-5-11(18)7-13(12)17/h5-7,9-10H,3-4,8,19H2,1-2H3. The van der Waals surface area contributed by atoms with E-state index in [9.17, 15) is 0 Å². The van der Waals surface area contributed by atoms with Crippen LogP contribution in [0.2, 0.25) is 5.02 Å². The molecule has 0 radical (unpaired) electrons. The zero-order valence-corrected chi connectivity index (χ0v) is 14.6. The third kappa shape index (κ3) is 2.97. The lowest BCUT2D eigenvalue weighted by Gasteiger charge is -2.12. The SMILES string of the molecule is CC(C)Cn1c(C2CC2)nc(-c2ccc(Cl)cc2Br)c1N. The molecule has 5 heteroatoms. The Kier molecular flexibility index (Phi) is 4.02. The smallest absolute Gasteiger partial charge is 0.131 e. The summed E-state index contributed by atoms with van der Waals surface area (Å²) in [7, 11) is 0. The van der Waals surface area contributed by atoms with E-state index < -0.39 is 0 Å². The van der Waals surface area contributed by atoms with Crippen molar-refractivity contribution < 1.29 is 0 Å². The van der Waals surface area contributed by atoms with Crippen LogP contribution in [0.25, 0.3) is 11.3 Å². The van der Waals surface area contributed by atoms with Gasteiger partial charge in [-0.25, -0.2) is 4.98 Å². The molecule has 0 unspecified atom stereocenters. The Morgan fingerprint density at radius 2 is 2.14 bits per heavy atom. The molecule has 3 rings (SSSR count). The van der Waals surface area contributed by atoms with Crippen LogP contribution in [0.15, 0.2) is 22.7 Å². The van der Waals surface area contributed by atoms with Crippen molar-refractivity contribution in [2.75, 3.05) is 5.73 Å². The third-order valence-corrected chi connectivity index (χ3v) is 4.60. The summed E-state index contributed by atoms with van der Waals surface area (Å²) in [5.74, 6) is 3.01. The van der Waals surface area contributed by atoms with Gasteiger partial charge in [0.05, 0.1) is 0 Å². The zero-order valence-electron chi connectivity index (χ0n) is 12.2. The maximum absolute atomic E-state index is 6.40. The van der Waals surface area contributed by atoms with Crippen LogP contribution in [-0.4, -0.2) is 9.55 Å². The number of halogens is 2. The van der Waals surface area contributed by atoms with Crippen LogP contribution in [0.3, 0.4) is 0 Å². The highest BCUT2D eigenvalue weighted by Crippen LogP contribution is 2.43. The van der Waals surface area contributed by atoms with Crippen LogP contribution >= 0.6 is 27.5 Å². The van der Waals surface area contributed by atoms with Gasteiger partial charge in [-0.2, -0.15) is 0 Å². The number of nitrogens with two attached hydrogens (primary N) is 1. The van der Waals surface area contributed by atoms with Gasteiger partial charge in [0.2, 0.25) is 0 Å². The van der Waals surface area contributed by atoms with E-state index in [-0.39, 0.29) is 0 Å². The summed E-state index contributed by atoms with van der Waals surface area (Å²) in [6, 6.07) is 5.73. The molecule has 1 aromatic heterocycles. The predicted molar refractivity (Wildman–Crippen MR) is 91.6 cm³/mol. The molecule has 0 aliphatic heterocycles. The molecule has 0 spiro atoms. The summed E-state index contributed by atoms with van der Waals surface area (Å²) in [4.78, 5) is 4.85. The molecule has 3 nitrogen and oxygen atoms in total. The summed E-state index contributed by atoms with van der Waals surface area (Å²) in [6.07, 6.45) is 2.44. The Morgan fingerprint density at radius 1 is 1.43 bits per heavy atom. The van der Waals surface area contributed by atoms with E-state index in [1.54, 1.807) is 0 Å². The number of hydrogen-bond donors (Lipinski definition) is 1. The van der Waals surface area contributed by atoms with Gasteiger partial charge < -0.3 is 10.3 Å². The molecule has 0 atom stereocenters. The van der Waals surface area contributed by atoms with Crippen molar-refractivity contribution in [2.45, 2.75) is 39.2 Å². The van der Waals surface area contributed by atoms with Crippen LogP contribution in [0.4, 0.5) is 5.82 Å². The molecule has 0 amide bonds. The molecule has 1 saturated carbocycles. The fraction of sp³-hybridized carbons (Fsp3) is 0.438. The molecule has 0 saturated heterocycles. The molecular formula is C16H19BrClN3. The minimum absolute atomic E-state index is 0.542. The van der Waals surface area contributed by atoms with E-state index >= 15 is 0 Å². The summed E-state index contributed by atoms with van der Waals surface area (Å²) >= 11 is 9.59. The number of anilines is 1. The molecule has 1 heterocycles. The topological polar surface area (TPSA) is 43.8 Å². The van der Waals surface area contributed by atoms with Crippen LogP contribution in [-0.2, 0) is 6.54 Å². The summed E-state index contributed by atoms with van der Waals surface area (Å²) in [6.45, 7) is 5.32. The quantitative estimate of drug-likeness (QED) is 0.817. The monoisotopic (exact) mass is 367 g/mol. The minimum atomic E-state index is 0.542. The van der Waals surface area contributed by atoms with Crippen molar-refractivity contribution in [3.05, 3.63) is 33.5 Å². The van der Waals surface area contributed by atoms with E-state index in [0.717, 1.165) is 33.9 Å². The van der Waals surface area contributed by atoms with Crippen LogP contribution in [0.1, 0.15) is 38.4 Å². The first-order valence-electron chi connectivity index (χ1n) is 7.28. The van der Waals surface area contributed by atoms with Gasteiger partial charge in [-0.3, -0.25) is 0 Å². The largest absolute Gasteiger partial charge is 0.383 e. The lowest BCUT2D eigenvalue weighted by Crippen LogP contribution is -2.10. The molecule has 1 aliphatic carbocycles. The second kappa shape index (κ2) is 5.65. The first-order valence-corrected chi connectivity index (χ1v) is 8.45. The van der Waals surface area contributed by atoms with Crippen LogP contribution in [0.5, 0.6) is 0 Å². The Morgan fingerprint density at radius 3 is 2.71 bits per heavy atom. The first-order chi connectivity index (χ1) is 9.97. The van der Waals surface area contributed by atoms with Gasteiger partial charge in [0.25, 0.3) is 0 Å². The normalized spacial score (nSPS) is 14.9. The van der Waals surface area contributed by atoms with Gasteiger partial charge in [-0.15, -0.1) is 0 Å². The Labute approximate surface area is 138 Å². The Hall–Kier alpha value is -1.00. The van der Waals surface area contributed by atoms with Gasteiger partial charge in [0.15, 0.2) is 0 Å². The van der Waals surface area contributed by atoms with E-state index in [1.807, 2.05) is 18.2 Å². The lowest BCUT2D eigenvalue weighted by atomic mass is 10.1. The van der Waals surface area contributed by atoms with E-state index in [0.29, 0.717) is 16.9 Å². The van der Waals surface area contributed by atoms with Gasteiger partial charge in [-0.1, -0.05) is 47.4 Å². The molecule has 112 valence electrons. The molecule has 1 aromatic carbocycles. The Bertz CT molecular complexity index is 674. The Balaban J connectivity index is 2.10. The highest BCUT2D eigenvalue weighted by Gasteiger charge is 2.31. The number of rotatable bonds is 4. The van der Waals surface area contributed by atoms with Crippen molar-refractivity contribution in [2.24, 2.45) is 5.92 Å². The predicted octanol–water partition coefficient (Wildman–Crippen LogP) is 5.08. The average Bonchev–Trinajstić information content (AvgIpc) is 3.18. The van der Waals surface area contributed by atoms with Crippen LogP contribution in [0, 0.1) is 5.92 Å². The summed E-state index contributed by atoms with van der Waals surface area (Å²) < 4.78 is 3.12. The second-order valence-corrected chi connectivity index (χ2v) is 7.40. The van der Waals surface area contributed by atoms with Crippen molar-refractivity contribution in [1.82, 2.24) is 9.55 Å². The van der Waals surface area contributed by atoms with E-state index in [2.05, 4.69) is 34.3 Å². The molecule has 2 aromatic rings. The third-order valence-electron chi connectivity index (χ3n) is 3.71. The number of imidazole rings is 1. The molecule has 1 aliphatic rings. The number of benzene rings is 1. The van der Waals surface area contributed by atoms with Crippen LogP contribution < -0.4 is 5.73 Å². The van der Waals surface area contributed by atoms with Crippen molar-refractivity contribution in [1.29, 1.82) is 0 Å². The fourth-order valence-corrected chi connectivity index (χ4v) is 3.44. The summed E-state index contributed by atoms with van der Waals surface area (Å²) in [5.41, 5.74) is 8.27. The van der Waals surface area contributed by atoms with Gasteiger partial charge in [-0.05, 0) is 30.9 Å². The van der Waals surface area contributed by atoms with E-state index in [4.69, 9.17) is 22.3 Å². The molecular weight excluding hydrogens is 350 g/mol. The fourth-order valence-electron chi connectivity index (χ4n) is 2.57. The number of aromatic nitrogens is 2. The number of hydrogen-bond acceptors (Lipinski definition) is 2. The number of nitrogen functional groups attached to an aromatic ring is 1. The molecule has 2 N–H and O–H groups in total. The zero-order chi connectivity index (χ0) is 15.1. The first kappa shape index (κ1) is 14.9. The second-order valence-electron chi connectivity index (χ2n) is 6.11. The summed E-state index contributed by atoms with van der Waals surface area (Å²) in [5, 5.41) is 0.702. The van der Waals surface area contributed by atoms with Crippen molar-refractivity contribution >= 4 is 33.3 Å². The number of nitrogens with zero attached hydrogens (tertiary/aromatic N) is 2. The maximum atomic E-state index is 6.40. The maximum Gasteiger partial charge on any atom is 0.131 e. The van der Waals surface area contributed by atoms with Gasteiger partial charge in [0, 0.05) is 27.5 Å². The minimum Gasteiger partial charge on any atom is -0.383 e. The molecule has 1 fully saturated rings. The highest BCUT2D eigenvalue weighted by molar-refractivity contribution is 9.10. The molecule has 0 bridgehead atoms. The highest BCUT2D eigenvalue weighted by atomic mass is 79.9. The van der Waals surface area contributed by atoms with Gasteiger partial charge in [0.1, 0.15) is 17.3 Å². The average molecular weight is 369 g/mol. The van der Waals surface area contributed by atoms with Gasteiger partial charge >= 0.3 is 0 Å². The van der Waals surface area contributed by atoms with Crippen molar-refractivity contribution in [3.63, 3.8) is 0 Å². The molecule has 21 heavy (non-hydrogen) atoms. The van der Waals surface area contributed by atoms with Crippen molar-refractivity contribution in [3.8, 4) is 11.3 Å². The van der Waals surface area contributed by atoms with E-state index in [1.165, 1.54) is 12.8 Å². The lowest BCUT2D eigenvalue weighted by molar-refractivity contribution is 0.512.